The summed E-state index contributed by atoms with van der Waals surface area (Å²) < 4.78 is 0. The van der Waals surface area contributed by atoms with Crippen LogP contribution in [0.1, 0.15) is 31.9 Å². The Morgan fingerprint density at radius 1 is 1.06 bits per heavy atom. The molecule has 3 nitrogen and oxygen atoms in total. The van der Waals surface area contributed by atoms with Crippen LogP contribution < -0.4 is 10.6 Å². The topological polar surface area (TPSA) is 41.1 Å². The summed E-state index contributed by atoms with van der Waals surface area (Å²) in [6, 6.07) is 8.22. The van der Waals surface area contributed by atoms with E-state index in [1.54, 1.807) is 6.08 Å². The van der Waals surface area contributed by atoms with Crippen molar-refractivity contribution in [2.75, 3.05) is 0 Å². The molecule has 0 radical (unpaired) electrons. The zero-order valence-electron chi connectivity index (χ0n) is 11.0. The van der Waals surface area contributed by atoms with Gasteiger partial charge in [0, 0.05) is 6.08 Å². The van der Waals surface area contributed by atoms with Crippen molar-refractivity contribution in [3.63, 3.8) is 0 Å². The van der Waals surface area contributed by atoms with E-state index in [0.29, 0.717) is 5.82 Å². The average Bonchev–Trinajstić information content (AvgIpc) is 2.27. The van der Waals surface area contributed by atoms with E-state index in [1.807, 2.05) is 12.1 Å². The Morgan fingerprint density at radius 2 is 1.67 bits per heavy atom. The first kappa shape index (κ1) is 12.4. The number of nitrogens with one attached hydrogen (secondary N) is 2. The molecule has 0 atom stereocenters. The second-order valence-corrected chi connectivity index (χ2v) is 5.48. The number of carbonyl (C=O) groups excluding carboxylic acids is 1. The molecule has 2 N–H and O–H groups in total. The van der Waals surface area contributed by atoms with E-state index in [-0.39, 0.29) is 11.3 Å². The largest absolute Gasteiger partial charge is 0.342 e. The van der Waals surface area contributed by atoms with Crippen LogP contribution in [0.25, 0.3) is 5.70 Å². The van der Waals surface area contributed by atoms with E-state index in [2.05, 4.69) is 50.1 Å². The fourth-order valence-electron chi connectivity index (χ4n) is 1.85. The molecule has 1 aliphatic rings. The van der Waals surface area contributed by atoms with E-state index in [9.17, 15) is 4.79 Å². The van der Waals surface area contributed by atoms with Crippen molar-refractivity contribution in [3.8, 4) is 0 Å². The first-order valence-corrected chi connectivity index (χ1v) is 5.96. The maximum absolute atomic E-state index is 11.4. The molecule has 0 aromatic heterocycles. The molecular formula is C15H18N2O. The predicted octanol–water partition coefficient (Wildman–Crippen LogP) is 2.52. The number of rotatable bonds is 1. The summed E-state index contributed by atoms with van der Waals surface area (Å²) in [5.41, 5.74) is 3.17. The number of carbonyl (C=O) groups is 1. The molecule has 0 unspecified atom stereocenters. The first-order valence-electron chi connectivity index (χ1n) is 5.96. The summed E-state index contributed by atoms with van der Waals surface area (Å²) in [6.07, 6.45) is 1.54. The van der Waals surface area contributed by atoms with E-state index in [4.69, 9.17) is 0 Å². The monoisotopic (exact) mass is 242 g/mol. The van der Waals surface area contributed by atoms with Crippen LogP contribution in [-0.4, -0.2) is 5.91 Å². The van der Waals surface area contributed by atoms with Gasteiger partial charge in [0.15, 0.2) is 0 Å². The normalized spacial score (nSPS) is 15.8. The number of hydrogen-bond acceptors (Lipinski definition) is 2. The van der Waals surface area contributed by atoms with Crippen LogP contribution in [-0.2, 0) is 10.2 Å². The van der Waals surface area contributed by atoms with Gasteiger partial charge in [-0.2, -0.15) is 0 Å². The van der Waals surface area contributed by atoms with Crippen molar-refractivity contribution >= 4 is 11.6 Å². The predicted molar refractivity (Wildman–Crippen MR) is 73.5 cm³/mol. The molecule has 0 fully saturated rings. The van der Waals surface area contributed by atoms with Crippen LogP contribution in [0.2, 0.25) is 0 Å². The molecule has 0 aliphatic carbocycles. The minimum absolute atomic E-state index is 0.133. The summed E-state index contributed by atoms with van der Waals surface area (Å²) in [6.45, 7) is 10.2. The van der Waals surface area contributed by atoms with Gasteiger partial charge in [0.1, 0.15) is 5.82 Å². The van der Waals surface area contributed by atoms with Crippen LogP contribution in [0.4, 0.5) is 0 Å². The Bertz CT molecular complexity index is 518. The first-order chi connectivity index (χ1) is 8.36. The fourth-order valence-corrected chi connectivity index (χ4v) is 1.85. The van der Waals surface area contributed by atoms with E-state index in [0.717, 1.165) is 11.3 Å². The standard InChI is InChI=1S/C15H18N2O/c1-10-16-13(9-14(18)17-10)11-5-7-12(8-6-11)15(2,3)4/h5-9,16H,1H2,2-4H3,(H,17,18). The van der Waals surface area contributed by atoms with Gasteiger partial charge in [0.25, 0.3) is 5.91 Å². The number of hydrogen-bond donors (Lipinski definition) is 2. The van der Waals surface area contributed by atoms with Gasteiger partial charge < -0.3 is 10.6 Å². The molecule has 0 spiro atoms. The van der Waals surface area contributed by atoms with Crippen molar-refractivity contribution in [1.29, 1.82) is 0 Å². The van der Waals surface area contributed by atoms with Crippen LogP contribution in [0.3, 0.4) is 0 Å². The molecule has 1 aliphatic heterocycles. The lowest BCUT2D eigenvalue weighted by atomic mass is 9.86. The lowest BCUT2D eigenvalue weighted by Gasteiger charge is -2.21. The van der Waals surface area contributed by atoms with Crippen molar-refractivity contribution in [3.05, 3.63) is 53.9 Å². The molecule has 94 valence electrons. The maximum atomic E-state index is 11.4. The lowest BCUT2D eigenvalue weighted by Crippen LogP contribution is -2.34. The number of benzene rings is 1. The second kappa shape index (κ2) is 4.33. The fraction of sp³-hybridized carbons (Fsp3) is 0.267. The summed E-state index contributed by atoms with van der Waals surface area (Å²) in [5, 5.41) is 5.65. The third-order valence-corrected chi connectivity index (χ3v) is 2.90. The third kappa shape index (κ3) is 2.62. The van der Waals surface area contributed by atoms with Gasteiger partial charge in [-0.3, -0.25) is 4.79 Å². The summed E-state index contributed by atoms with van der Waals surface area (Å²) in [7, 11) is 0. The minimum atomic E-state index is -0.145. The Hall–Kier alpha value is -2.03. The molecule has 1 amide bonds. The Kier molecular flexibility index (Phi) is 2.99. The lowest BCUT2D eigenvalue weighted by molar-refractivity contribution is -0.116. The van der Waals surface area contributed by atoms with E-state index >= 15 is 0 Å². The van der Waals surface area contributed by atoms with Crippen molar-refractivity contribution in [2.24, 2.45) is 0 Å². The SMILES string of the molecule is C=C1NC(=O)C=C(c2ccc(C(C)(C)C)cc2)N1. The third-order valence-electron chi connectivity index (χ3n) is 2.90. The zero-order chi connectivity index (χ0) is 13.3. The quantitative estimate of drug-likeness (QED) is 0.794. The minimum Gasteiger partial charge on any atom is -0.342 e. The van der Waals surface area contributed by atoms with Gasteiger partial charge in [-0.15, -0.1) is 0 Å². The van der Waals surface area contributed by atoms with Gasteiger partial charge in [-0.05, 0) is 16.5 Å². The Balaban J connectivity index is 2.30. The van der Waals surface area contributed by atoms with Crippen molar-refractivity contribution in [1.82, 2.24) is 10.6 Å². The van der Waals surface area contributed by atoms with Gasteiger partial charge in [0.2, 0.25) is 0 Å². The van der Waals surface area contributed by atoms with Gasteiger partial charge in [-0.25, -0.2) is 0 Å². The Morgan fingerprint density at radius 3 is 2.17 bits per heavy atom. The van der Waals surface area contributed by atoms with Crippen LogP contribution in [0.5, 0.6) is 0 Å². The molecule has 3 heteroatoms. The van der Waals surface area contributed by atoms with Crippen LogP contribution in [0.15, 0.2) is 42.7 Å². The molecule has 18 heavy (non-hydrogen) atoms. The van der Waals surface area contributed by atoms with Crippen LogP contribution in [0, 0.1) is 0 Å². The molecule has 1 heterocycles. The highest BCUT2D eigenvalue weighted by Gasteiger charge is 2.15. The van der Waals surface area contributed by atoms with Crippen molar-refractivity contribution < 1.29 is 4.79 Å². The van der Waals surface area contributed by atoms with Crippen molar-refractivity contribution in [2.45, 2.75) is 26.2 Å². The highest BCUT2D eigenvalue weighted by atomic mass is 16.1. The average molecular weight is 242 g/mol. The van der Waals surface area contributed by atoms with Gasteiger partial charge in [-0.1, -0.05) is 51.6 Å². The van der Waals surface area contributed by atoms with Gasteiger partial charge in [0.05, 0.1) is 5.70 Å². The molecule has 1 aromatic rings. The van der Waals surface area contributed by atoms with Gasteiger partial charge >= 0.3 is 0 Å². The van der Waals surface area contributed by atoms with E-state index in [1.165, 1.54) is 5.56 Å². The molecule has 1 aromatic carbocycles. The molecule has 0 saturated heterocycles. The highest BCUT2D eigenvalue weighted by molar-refractivity contribution is 5.98. The zero-order valence-corrected chi connectivity index (χ0v) is 11.0. The second-order valence-electron chi connectivity index (χ2n) is 5.48. The summed E-state index contributed by atoms with van der Waals surface area (Å²) in [5.74, 6) is 0.367. The molecule has 0 saturated carbocycles. The van der Waals surface area contributed by atoms with E-state index < -0.39 is 0 Å². The Labute approximate surface area is 108 Å². The highest BCUT2D eigenvalue weighted by Crippen LogP contribution is 2.24. The molecule has 0 bridgehead atoms. The number of amides is 1. The molecular weight excluding hydrogens is 224 g/mol. The van der Waals surface area contributed by atoms with Crippen LogP contribution >= 0.6 is 0 Å². The summed E-state index contributed by atoms with van der Waals surface area (Å²) in [4.78, 5) is 11.4. The summed E-state index contributed by atoms with van der Waals surface area (Å²) >= 11 is 0. The smallest absolute Gasteiger partial charge is 0.251 e. The maximum Gasteiger partial charge on any atom is 0.251 e. The molecule has 2 rings (SSSR count).